The van der Waals surface area contributed by atoms with Gasteiger partial charge in [-0.25, -0.2) is 4.98 Å². The first-order valence-electron chi connectivity index (χ1n) is 5.59. The predicted octanol–water partition coefficient (Wildman–Crippen LogP) is 4.31. The average molecular weight is 325 g/mol. The second kappa shape index (κ2) is 6.66. The molecule has 0 saturated carbocycles. The molecule has 0 aliphatic carbocycles. The summed E-state index contributed by atoms with van der Waals surface area (Å²) in [6.45, 7) is 1.98. The van der Waals surface area contributed by atoms with E-state index in [9.17, 15) is 0 Å². The summed E-state index contributed by atoms with van der Waals surface area (Å²) in [5.41, 5.74) is 1.20. The molecule has 2 aromatic rings. The third kappa shape index (κ3) is 3.92. The van der Waals surface area contributed by atoms with Crippen molar-refractivity contribution in [1.82, 2.24) is 4.98 Å². The fraction of sp³-hybridized carbons (Fsp3) is 0.231. The molecule has 3 rings (SSSR count). The van der Waals surface area contributed by atoms with Crippen molar-refractivity contribution in [3.05, 3.63) is 41.9 Å². The number of oxime groups is 1. The van der Waals surface area contributed by atoms with Gasteiger partial charge in [-0.2, -0.15) is 0 Å². The van der Waals surface area contributed by atoms with Crippen LogP contribution in [0.25, 0.3) is 10.6 Å². The van der Waals surface area contributed by atoms with E-state index in [2.05, 4.69) is 38.2 Å². The van der Waals surface area contributed by atoms with Gasteiger partial charge in [0.25, 0.3) is 0 Å². The van der Waals surface area contributed by atoms with Crippen LogP contribution >= 0.6 is 27.3 Å². The Kier molecular flexibility index (Phi) is 4.90. The molecule has 1 aliphatic heterocycles. The maximum absolute atomic E-state index is 4.81. The minimum Gasteiger partial charge on any atom is -0.392 e. The molecule has 18 heavy (non-hydrogen) atoms. The second-order valence-electron chi connectivity index (χ2n) is 3.79. The van der Waals surface area contributed by atoms with Crippen LogP contribution in [0.2, 0.25) is 0 Å². The number of hydrogen-bond acceptors (Lipinski definition) is 4. The number of thiazole rings is 1. The Labute approximate surface area is 119 Å². The smallest absolute Gasteiger partial charge is 0.131 e. The lowest BCUT2D eigenvalue weighted by molar-refractivity contribution is 0.0996. The second-order valence-corrected chi connectivity index (χ2v) is 5.60. The van der Waals surface area contributed by atoms with Crippen molar-refractivity contribution in [2.75, 3.05) is 0 Å². The third-order valence-electron chi connectivity index (χ3n) is 2.24. The van der Waals surface area contributed by atoms with Crippen LogP contribution in [0.1, 0.15) is 13.3 Å². The minimum atomic E-state index is 0.273. The highest BCUT2D eigenvalue weighted by molar-refractivity contribution is 9.18. The van der Waals surface area contributed by atoms with E-state index < -0.39 is 0 Å². The summed E-state index contributed by atoms with van der Waals surface area (Å²) in [6, 6.07) is 10.2. The van der Waals surface area contributed by atoms with Crippen molar-refractivity contribution in [3.63, 3.8) is 0 Å². The molecule has 0 saturated heterocycles. The van der Waals surface area contributed by atoms with E-state index in [0.717, 1.165) is 16.0 Å². The molecule has 0 amide bonds. The zero-order valence-electron chi connectivity index (χ0n) is 9.91. The summed E-state index contributed by atoms with van der Waals surface area (Å²) in [5, 5.41) is 6.73. The van der Waals surface area contributed by atoms with Crippen LogP contribution in [-0.2, 0) is 4.84 Å². The van der Waals surface area contributed by atoms with Crippen molar-refractivity contribution in [3.8, 4) is 10.6 Å². The van der Waals surface area contributed by atoms with Gasteiger partial charge in [0.05, 0.1) is 0 Å². The molecule has 1 atom stereocenters. The Morgan fingerprint density at radius 1 is 1.33 bits per heavy atom. The Morgan fingerprint density at radius 3 is 2.56 bits per heavy atom. The fourth-order valence-electron chi connectivity index (χ4n) is 1.41. The summed E-state index contributed by atoms with van der Waals surface area (Å²) in [5.74, 6) is 0. The van der Waals surface area contributed by atoms with Crippen molar-refractivity contribution in [2.45, 2.75) is 19.4 Å². The topological polar surface area (TPSA) is 34.5 Å². The van der Waals surface area contributed by atoms with Gasteiger partial charge in [-0.15, -0.1) is 11.3 Å². The summed E-state index contributed by atoms with van der Waals surface area (Å²) >= 11 is 4.87. The number of rotatable bonds is 1. The largest absolute Gasteiger partial charge is 0.392 e. The number of nitrogens with zero attached hydrogens (tertiary/aromatic N) is 2. The van der Waals surface area contributed by atoms with Gasteiger partial charge in [0, 0.05) is 23.6 Å². The quantitative estimate of drug-likeness (QED) is 0.783. The third-order valence-corrected chi connectivity index (χ3v) is 3.53. The van der Waals surface area contributed by atoms with Gasteiger partial charge < -0.3 is 4.84 Å². The standard InChI is InChI=1S/C9H7NS.C4H6BrNO/c1-2-4-8(5-3-1)9-10-6-7-11-9;1-3-2-4(5)6-7-3/h1-7H;3H,2H2,1H3. The molecule has 0 radical (unpaired) electrons. The number of halogens is 1. The first-order valence-corrected chi connectivity index (χ1v) is 7.26. The molecular formula is C13H13BrN2OS. The molecule has 1 aromatic carbocycles. The number of benzene rings is 1. The molecule has 0 N–H and O–H groups in total. The molecule has 1 aliphatic rings. The molecular weight excluding hydrogens is 312 g/mol. The summed E-state index contributed by atoms with van der Waals surface area (Å²) in [6.07, 6.45) is 3.02. The highest BCUT2D eigenvalue weighted by Crippen LogP contribution is 2.20. The first kappa shape index (κ1) is 13.2. The molecule has 5 heteroatoms. The Balaban J connectivity index is 0.000000149. The lowest BCUT2D eigenvalue weighted by Gasteiger charge is -1.93. The van der Waals surface area contributed by atoms with Gasteiger partial charge in [-0.1, -0.05) is 35.5 Å². The molecule has 3 nitrogen and oxygen atoms in total. The summed E-state index contributed by atoms with van der Waals surface area (Å²) < 4.78 is 0.917. The van der Waals surface area contributed by atoms with Crippen LogP contribution in [0, 0.1) is 0 Å². The van der Waals surface area contributed by atoms with E-state index in [4.69, 9.17) is 4.84 Å². The molecule has 94 valence electrons. The Hall–Kier alpha value is -1.20. The van der Waals surface area contributed by atoms with E-state index in [1.807, 2.05) is 36.7 Å². The van der Waals surface area contributed by atoms with Gasteiger partial charge in [0.1, 0.15) is 15.7 Å². The van der Waals surface area contributed by atoms with Gasteiger partial charge in [0.2, 0.25) is 0 Å². The minimum absolute atomic E-state index is 0.273. The van der Waals surface area contributed by atoms with Crippen molar-refractivity contribution in [1.29, 1.82) is 0 Å². The van der Waals surface area contributed by atoms with Crippen LogP contribution in [0.4, 0.5) is 0 Å². The average Bonchev–Trinajstić information content (AvgIpc) is 3.03. The van der Waals surface area contributed by atoms with E-state index in [-0.39, 0.29) is 6.10 Å². The van der Waals surface area contributed by atoms with E-state index in [1.165, 1.54) is 5.56 Å². The van der Waals surface area contributed by atoms with Gasteiger partial charge >= 0.3 is 0 Å². The van der Waals surface area contributed by atoms with Crippen LogP contribution in [0.5, 0.6) is 0 Å². The van der Waals surface area contributed by atoms with E-state index >= 15 is 0 Å². The number of aromatic nitrogens is 1. The first-order chi connectivity index (χ1) is 8.75. The van der Waals surface area contributed by atoms with Crippen molar-refractivity contribution < 1.29 is 4.84 Å². The van der Waals surface area contributed by atoms with E-state index in [0.29, 0.717) is 0 Å². The highest BCUT2D eigenvalue weighted by atomic mass is 79.9. The molecule has 0 spiro atoms. The molecule has 1 unspecified atom stereocenters. The van der Waals surface area contributed by atoms with Crippen LogP contribution < -0.4 is 0 Å². The van der Waals surface area contributed by atoms with E-state index in [1.54, 1.807) is 11.3 Å². The van der Waals surface area contributed by atoms with Gasteiger partial charge in [-0.3, -0.25) is 0 Å². The SMILES string of the molecule is CC1CC(Br)=NO1.c1ccc(-c2nccs2)cc1. The van der Waals surface area contributed by atoms with Crippen LogP contribution in [-0.4, -0.2) is 15.7 Å². The fourth-order valence-corrected chi connectivity index (χ4v) is 2.59. The molecule has 1 aromatic heterocycles. The number of hydrogen-bond donors (Lipinski definition) is 0. The summed E-state index contributed by atoms with van der Waals surface area (Å²) in [4.78, 5) is 9.01. The zero-order chi connectivity index (χ0) is 12.8. The van der Waals surface area contributed by atoms with Gasteiger partial charge in [0.15, 0.2) is 0 Å². The molecule has 0 fully saturated rings. The molecule has 0 bridgehead atoms. The van der Waals surface area contributed by atoms with Gasteiger partial charge in [-0.05, 0) is 22.9 Å². The monoisotopic (exact) mass is 324 g/mol. The van der Waals surface area contributed by atoms with Crippen molar-refractivity contribution in [2.24, 2.45) is 5.16 Å². The zero-order valence-corrected chi connectivity index (χ0v) is 12.3. The molecule has 2 heterocycles. The Morgan fingerprint density at radius 2 is 2.11 bits per heavy atom. The van der Waals surface area contributed by atoms with Crippen molar-refractivity contribution >= 4 is 31.9 Å². The van der Waals surface area contributed by atoms with Crippen LogP contribution in [0.3, 0.4) is 0 Å². The lowest BCUT2D eigenvalue weighted by atomic mass is 10.2. The summed E-state index contributed by atoms with van der Waals surface area (Å²) in [7, 11) is 0. The Bertz CT molecular complexity index is 499. The normalized spacial score (nSPS) is 17.4. The predicted molar refractivity (Wildman–Crippen MR) is 79.1 cm³/mol. The van der Waals surface area contributed by atoms with Crippen LogP contribution in [0.15, 0.2) is 47.1 Å². The highest BCUT2D eigenvalue weighted by Gasteiger charge is 2.11. The maximum Gasteiger partial charge on any atom is 0.131 e. The maximum atomic E-state index is 4.81. The lowest BCUT2D eigenvalue weighted by Crippen LogP contribution is -1.96.